The number of nitrogens with one attached hydrogen (secondary N) is 1. The van der Waals surface area contributed by atoms with Crippen molar-refractivity contribution in [1.82, 2.24) is 5.32 Å². The summed E-state index contributed by atoms with van der Waals surface area (Å²) in [6.45, 7) is 2.63. The van der Waals surface area contributed by atoms with E-state index in [4.69, 9.17) is 4.74 Å². The summed E-state index contributed by atoms with van der Waals surface area (Å²) < 4.78 is 5.35. The van der Waals surface area contributed by atoms with Crippen LogP contribution < -0.4 is 5.32 Å². The largest absolute Gasteiger partial charge is 0.381 e. The molecule has 0 aromatic heterocycles. The van der Waals surface area contributed by atoms with E-state index in [2.05, 4.69) is 17.5 Å². The summed E-state index contributed by atoms with van der Waals surface area (Å²) in [4.78, 5) is 12.1. The van der Waals surface area contributed by atoms with Crippen LogP contribution in [0.4, 0.5) is 0 Å². The number of thioether (sulfide) groups is 1. The average molecular weight is 281 g/mol. The van der Waals surface area contributed by atoms with E-state index < -0.39 is 0 Å². The molecule has 1 N–H and O–H groups in total. The standard InChI is InChI=1S/C15H23NO2S/c17-15(14-10-11-1-2-12(14)9-11)16-5-8-19-13-3-6-18-7-4-13/h1-2,11-14H,3-10H2,(H,16,17). The number of allylic oxidation sites excluding steroid dienone is 2. The van der Waals surface area contributed by atoms with E-state index in [1.165, 1.54) is 6.42 Å². The third kappa shape index (κ3) is 3.34. The summed E-state index contributed by atoms with van der Waals surface area (Å²) in [7, 11) is 0. The third-order valence-electron chi connectivity index (χ3n) is 4.54. The SMILES string of the molecule is O=C(NCCSC1CCOCC1)C1CC2C=CC1C2. The van der Waals surface area contributed by atoms with Crippen molar-refractivity contribution in [3.05, 3.63) is 12.2 Å². The van der Waals surface area contributed by atoms with Gasteiger partial charge in [-0.15, -0.1) is 0 Å². The molecule has 0 aromatic carbocycles. The molecule has 1 saturated carbocycles. The van der Waals surface area contributed by atoms with Gasteiger partial charge in [0.2, 0.25) is 5.91 Å². The third-order valence-corrected chi connectivity index (χ3v) is 5.92. The second kappa shape index (κ2) is 6.31. The molecule has 0 spiro atoms. The summed E-state index contributed by atoms with van der Waals surface area (Å²) in [6.07, 6.45) is 9.13. The minimum absolute atomic E-state index is 0.253. The molecule has 2 aliphatic carbocycles. The van der Waals surface area contributed by atoms with E-state index in [9.17, 15) is 4.79 Å². The maximum Gasteiger partial charge on any atom is 0.223 e. The Morgan fingerprint density at radius 3 is 2.79 bits per heavy atom. The number of hydrogen-bond donors (Lipinski definition) is 1. The highest BCUT2D eigenvalue weighted by molar-refractivity contribution is 7.99. The van der Waals surface area contributed by atoms with Crippen LogP contribution in [0.15, 0.2) is 12.2 Å². The predicted octanol–water partition coefficient (Wildman–Crippen LogP) is 2.23. The van der Waals surface area contributed by atoms with Gasteiger partial charge in [0.05, 0.1) is 0 Å². The fraction of sp³-hybridized carbons (Fsp3) is 0.800. The lowest BCUT2D eigenvalue weighted by atomic mass is 9.93. The van der Waals surface area contributed by atoms with Gasteiger partial charge in [-0.3, -0.25) is 4.79 Å². The van der Waals surface area contributed by atoms with Crippen molar-refractivity contribution < 1.29 is 9.53 Å². The minimum atomic E-state index is 0.253. The average Bonchev–Trinajstić information content (AvgIpc) is 3.07. The van der Waals surface area contributed by atoms with Crippen LogP contribution in [0, 0.1) is 17.8 Å². The van der Waals surface area contributed by atoms with E-state index in [1.54, 1.807) is 0 Å². The monoisotopic (exact) mass is 281 g/mol. The highest BCUT2D eigenvalue weighted by Crippen LogP contribution is 2.43. The molecule has 1 aliphatic heterocycles. The van der Waals surface area contributed by atoms with Crippen LogP contribution in [0.25, 0.3) is 0 Å². The van der Waals surface area contributed by atoms with Crippen molar-refractivity contribution in [2.24, 2.45) is 17.8 Å². The Balaban J connectivity index is 1.31. The maximum atomic E-state index is 12.1. The fourth-order valence-electron chi connectivity index (χ4n) is 3.46. The molecule has 106 valence electrons. The molecule has 1 saturated heterocycles. The molecule has 3 rings (SSSR count). The van der Waals surface area contributed by atoms with Gasteiger partial charge in [-0.1, -0.05) is 12.2 Å². The molecule has 1 amide bonds. The first-order chi connectivity index (χ1) is 9.33. The zero-order chi connectivity index (χ0) is 13.1. The van der Waals surface area contributed by atoms with Gasteiger partial charge in [0, 0.05) is 36.7 Å². The number of carbonyl (C=O) groups is 1. The quantitative estimate of drug-likeness (QED) is 0.620. The summed E-state index contributed by atoms with van der Waals surface area (Å²) in [6, 6.07) is 0. The van der Waals surface area contributed by atoms with Crippen molar-refractivity contribution >= 4 is 17.7 Å². The molecular weight excluding hydrogens is 258 g/mol. The molecule has 19 heavy (non-hydrogen) atoms. The van der Waals surface area contributed by atoms with Crippen LogP contribution in [0.2, 0.25) is 0 Å². The van der Waals surface area contributed by atoms with E-state index in [0.29, 0.717) is 11.8 Å². The van der Waals surface area contributed by atoms with E-state index in [0.717, 1.165) is 50.0 Å². The molecular formula is C15H23NO2S. The van der Waals surface area contributed by atoms with Gasteiger partial charge < -0.3 is 10.1 Å². The number of ether oxygens (including phenoxy) is 1. The topological polar surface area (TPSA) is 38.3 Å². The highest BCUT2D eigenvalue weighted by atomic mass is 32.2. The Bertz CT molecular complexity index is 352. The van der Waals surface area contributed by atoms with Gasteiger partial charge in [0.25, 0.3) is 0 Å². The number of amides is 1. The summed E-state index contributed by atoms with van der Waals surface area (Å²) in [5.74, 6) is 2.77. The van der Waals surface area contributed by atoms with Crippen LogP contribution >= 0.6 is 11.8 Å². The highest BCUT2D eigenvalue weighted by Gasteiger charge is 2.39. The first-order valence-corrected chi connectivity index (χ1v) is 8.53. The number of rotatable bonds is 5. The van der Waals surface area contributed by atoms with E-state index in [1.807, 2.05) is 11.8 Å². The van der Waals surface area contributed by atoms with Gasteiger partial charge in [-0.05, 0) is 37.5 Å². The second-order valence-electron chi connectivity index (χ2n) is 5.86. The van der Waals surface area contributed by atoms with E-state index >= 15 is 0 Å². The predicted molar refractivity (Wildman–Crippen MR) is 78.2 cm³/mol. The van der Waals surface area contributed by atoms with Crippen LogP contribution in [0.3, 0.4) is 0 Å². The van der Waals surface area contributed by atoms with Crippen molar-refractivity contribution in [1.29, 1.82) is 0 Å². The zero-order valence-electron chi connectivity index (χ0n) is 11.3. The van der Waals surface area contributed by atoms with Crippen molar-refractivity contribution in [2.45, 2.75) is 30.9 Å². The zero-order valence-corrected chi connectivity index (χ0v) is 12.2. The Morgan fingerprint density at radius 2 is 2.11 bits per heavy atom. The Labute approximate surface area is 119 Å². The molecule has 0 aromatic rings. The Kier molecular flexibility index (Phi) is 4.49. The van der Waals surface area contributed by atoms with Crippen molar-refractivity contribution in [3.8, 4) is 0 Å². The van der Waals surface area contributed by atoms with Gasteiger partial charge in [0.15, 0.2) is 0 Å². The second-order valence-corrected chi connectivity index (χ2v) is 7.27. The normalized spacial score (nSPS) is 33.8. The maximum absolute atomic E-state index is 12.1. The van der Waals surface area contributed by atoms with Crippen molar-refractivity contribution in [3.63, 3.8) is 0 Å². The molecule has 3 atom stereocenters. The Morgan fingerprint density at radius 1 is 1.26 bits per heavy atom. The van der Waals surface area contributed by atoms with Gasteiger partial charge >= 0.3 is 0 Å². The molecule has 2 bridgehead atoms. The van der Waals surface area contributed by atoms with Crippen LogP contribution in [-0.2, 0) is 9.53 Å². The lowest BCUT2D eigenvalue weighted by Crippen LogP contribution is -2.34. The lowest BCUT2D eigenvalue weighted by molar-refractivity contribution is -0.125. The molecule has 0 radical (unpaired) electrons. The number of carbonyl (C=O) groups excluding carboxylic acids is 1. The van der Waals surface area contributed by atoms with Gasteiger partial charge in [0.1, 0.15) is 0 Å². The van der Waals surface area contributed by atoms with Crippen LogP contribution in [-0.4, -0.2) is 36.7 Å². The summed E-state index contributed by atoms with van der Waals surface area (Å²) >= 11 is 1.99. The Hall–Kier alpha value is -0.480. The van der Waals surface area contributed by atoms with Crippen molar-refractivity contribution in [2.75, 3.05) is 25.5 Å². The van der Waals surface area contributed by atoms with Crippen LogP contribution in [0.1, 0.15) is 25.7 Å². The van der Waals surface area contributed by atoms with Gasteiger partial charge in [-0.25, -0.2) is 0 Å². The smallest absolute Gasteiger partial charge is 0.223 e. The van der Waals surface area contributed by atoms with E-state index in [-0.39, 0.29) is 11.8 Å². The number of fused-ring (bicyclic) bond motifs is 2. The van der Waals surface area contributed by atoms with Crippen LogP contribution in [0.5, 0.6) is 0 Å². The molecule has 3 unspecified atom stereocenters. The molecule has 4 heteroatoms. The lowest BCUT2D eigenvalue weighted by Gasteiger charge is -2.22. The van der Waals surface area contributed by atoms with Gasteiger partial charge in [-0.2, -0.15) is 11.8 Å². The first kappa shape index (κ1) is 13.5. The molecule has 1 heterocycles. The molecule has 3 aliphatic rings. The fourth-order valence-corrected chi connectivity index (χ4v) is 4.53. The summed E-state index contributed by atoms with van der Waals surface area (Å²) in [5.41, 5.74) is 0. The molecule has 2 fully saturated rings. The number of hydrogen-bond acceptors (Lipinski definition) is 3. The minimum Gasteiger partial charge on any atom is -0.381 e. The molecule has 3 nitrogen and oxygen atoms in total. The first-order valence-electron chi connectivity index (χ1n) is 7.48. The summed E-state index contributed by atoms with van der Waals surface area (Å²) in [5, 5.41) is 3.86.